The van der Waals surface area contributed by atoms with Gasteiger partial charge in [0.25, 0.3) is 0 Å². The van der Waals surface area contributed by atoms with Crippen LogP contribution in [-0.4, -0.2) is 4.98 Å². The molecule has 2 heterocycles. The molecule has 0 aromatic carbocycles. The maximum Gasteiger partial charge on any atom is 0.0900 e. The fourth-order valence-electron chi connectivity index (χ4n) is 1.56. The molecule has 2 aromatic heterocycles. The van der Waals surface area contributed by atoms with Gasteiger partial charge in [-0.05, 0) is 40.4 Å². The molecule has 2 rings (SSSR count). The number of halogens is 1. The van der Waals surface area contributed by atoms with Crippen molar-refractivity contribution in [3.05, 3.63) is 50.4 Å². The first kappa shape index (κ1) is 11.7. The number of hydrazine groups is 1. The topological polar surface area (TPSA) is 50.9 Å². The lowest BCUT2D eigenvalue weighted by atomic mass is 10.1. The molecule has 0 spiro atoms. The number of thiophene rings is 1. The molecule has 1 unspecified atom stereocenters. The number of nitrogens with one attached hydrogen (secondary N) is 1. The van der Waals surface area contributed by atoms with E-state index in [0.717, 1.165) is 21.4 Å². The molecule has 1 atom stereocenters. The van der Waals surface area contributed by atoms with Crippen LogP contribution in [0.3, 0.4) is 0 Å². The van der Waals surface area contributed by atoms with Gasteiger partial charge in [0.15, 0.2) is 0 Å². The lowest BCUT2D eigenvalue weighted by Crippen LogP contribution is -2.29. The first-order valence-corrected chi connectivity index (χ1v) is 6.57. The standard InChI is InChI=1S/C11H12BrN3S/c1-7-3-2-4-10(14-7)11(15-13)8-5-16-6-9(8)12/h2-6,11,15H,13H2,1H3. The number of hydrogen-bond acceptors (Lipinski definition) is 4. The molecular formula is C11H12BrN3S. The monoisotopic (exact) mass is 297 g/mol. The second-order valence-electron chi connectivity index (χ2n) is 3.48. The molecule has 0 fully saturated rings. The Kier molecular flexibility index (Phi) is 3.70. The molecule has 0 aliphatic carbocycles. The molecule has 0 aliphatic rings. The minimum atomic E-state index is -0.0690. The average Bonchev–Trinajstić information content (AvgIpc) is 2.67. The Bertz CT molecular complexity index is 484. The largest absolute Gasteiger partial charge is 0.271 e. The van der Waals surface area contributed by atoms with Crippen LogP contribution in [0.1, 0.15) is 23.0 Å². The zero-order valence-corrected chi connectivity index (χ0v) is 11.2. The van der Waals surface area contributed by atoms with Crippen LogP contribution in [0.25, 0.3) is 0 Å². The highest BCUT2D eigenvalue weighted by Gasteiger charge is 2.17. The summed E-state index contributed by atoms with van der Waals surface area (Å²) in [5.41, 5.74) is 5.84. The summed E-state index contributed by atoms with van der Waals surface area (Å²) in [4.78, 5) is 4.48. The summed E-state index contributed by atoms with van der Waals surface area (Å²) >= 11 is 5.15. The van der Waals surface area contributed by atoms with E-state index in [-0.39, 0.29) is 6.04 Å². The second-order valence-corrected chi connectivity index (χ2v) is 5.08. The maximum absolute atomic E-state index is 5.61. The number of aromatic nitrogens is 1. The molecule has 2 aromatic rings. The van der Waals surface area contributed by atoms with E-state index in [1.807, 2.05) is 30.5 Å². The van der Waals surface area contributed by atoms with Crippen LogP contribution in [-0.2, 0) is 0 Å². The van der Waals surface area contributed by atoms with E-state index in [9.17, 15) is 0 Å². The van der Waals surface area contributed by atoms with E-state index >= 15 is 0 Å². The molecule has 16 heavy (non-hydrogen) atoms. The van der Waals surface area contributed by atoms with Crippen LogP contribution in [0.5, 0.6) is 0 Å². The molecule has 3 N–H and O–H groups in total. The van der Waals surface area contributed by atoms with Crippen LogP contribution in [0.2, 0.25) is 0 Å². The summed E-state index contributed by atoms with van der Waals surface area (Å²) in [5, 5.41) is 4.11. The quantitative estimate of drug-likeness (QED) is 0.677. The van der Waals surface area contributed by atoms with E-state index in [0.29, 0.717) is 0 Å². The van der Waals surface area contributed by atoms with Gasteiger partial charge in [-0.2, -0.15) is 11.3 Å². The van der Waals surface area contributed by atoms with Gasteiger partial charge < -0.3 is 0 Å². The molecule has 0 radical (unpaired) electrons. The number of nitrogens with two attached hydrogens (primary N) is 1. The minimum absolute atomic E-state index is 0.0690. The molecular weight excluding hydrogens is 286 g/mol. The Labute approximate surface area is 107 Å². The van der Waals surface area contributed by atoms with Gasteiger partial charge in [-0.1, -0.05) is 6.07 Å². The molecule has 0 aliphatic heterocycles. The van der Waals surface area contributed by atoms with Crippen LogP contribution in [0, 0.1) is 6.92 Å². The second kappa shape index (κ2) is 5.05. The predicted octanol–water partition coefficient (Wildman–Crippen LogP) is 2.77. The summed E-state index contributed by atoms with van der Waals surface area (Å²) < 4.78 is 1.06. The molecule has 3 nitrogen and oxygen atoms in total. The van der Waals surface area contributed by atoms with E-state index in [2.05, 4.69) is 31.7 Å². The van der Waals surface area contributed by atoms with E-state index < -0.39 is 0 Å². The van der Waals surface area contributed by atoms with Gasteiger partial charge in [-0.15, -0.1) is 0 Å². The number of pyridine rings is 1. The van der Waals surface area contributed by atoms with Crippen LogP contribution < -0.4 is 11.3 Å². The Morgan fingerprint density at radius 3 is 2.81 bits per heavy atom. The highest BCUT2D eigenvalue weighted by molar-refractivity contribution is 9.10. The highest BCUT2D eigenvalue weighted by Crippen LogP contribution is 2.30. The van der Waals surface area contributed by atoms with Crippen molar-refractivity contribution in [2.45, 2.75) is 13.0 Å². The number of aryl methyl sites for hydroxylation is 1. The highest BCUT2D eigenvalue weighted by atomic mass is 79.9. The van der Waals surface area contributed by atoms with Gasteiger partial charge >= 0.3 is 0 Å². The summed E-state index contributed by atoms with van der Waals surface area (Å²) in [6.45, 7) is 1.97. The van der Waals surface area contributed by atoms with Crippen LogP contribution in [0.15, 0.2) is 33.4 Å². The van der Waals surface area contributed by atoms with E-state index in [1.165, 1.54) is 0 Å². The van der Waals surface area contributed by atoms with Crippen molar-refractivity contribution in [1.82, 2.24) is 10.4 Å². The Morgan fingerprint density at radius 2 is 2.25 bits per heavy atom. The van der Waals surface area contributed by atoms with Gasteiger partial charge in [0.05, 0.1) is 11.7 Å². The summed E-state index contributed by atoms with van der Waals surface area (Å²) in [7, 11) is 0. The third-order valence-corrected chi connectivity index (χ3v) is 4.08. The lowest BCUT2D eigenvalue weighted by Gasteiger charge is -2.15. The fourth-order valence-corrected chi connectivity index (χ4v) is 3.11. The smallest absolute Gasteiger partial charge is 0.0900 e. The van der Waals surface area contributed by atoms with Crippen molar-refractivity contribution < 1.29 is 0 Å². The van der Waals surface area contributed by atoms with Gasteiger partial charge in [0.1, 0.15) is 0 Å². The van der Waals surface area contributed by atoms with Crippen molar-refractivity contribution in [3.63, 3.8) is 0 Å². The van der Waals surface area contributed by atoms with Gasteiger partial charge in [0, 0.05) is 21.1 Å². The Hall–Kier alpha value is -0.750. The third kappa shape index (κ3) is 2.32. The normalized spacial score (nSPS) is 12.7. The maximum atomic E-state index is 5.61. The van der Waals surface area contributed by atoms with Crippen molar-refractivity contribution in [2.24, 2.45) is 5.84 Å². The van der Waals surface area contributed by atoms with Crippen molar-refractivity contribution in [1.29, 1.82) is 0 Å². The number of hydrogen-bond donors (Lipinski definition) is 2. The zero-order chi connectivity index (χ0) is 11.5. The first-order valence-electron chi connectivity index (χ1n) is 4.83. The van der Waals surface area contributed by atoms with E-state index in [1.54, 1.807) is 11.3 Å². The van der Waals surface area contributed by atoms with Gasteiger partial charge in [0.2, 0.25) is 0 Å². The minimum Gasteiger partial charge on any atom is -0.271 e. The van der Waals surface area contributed by atoms with Crippen molar-refractivity contribution in [2.75, 3.05) is 0 Å². The SMILES string of the molecule is Cc1cccc(C(NN)c2cscc2Br)n1. The first-order chi connectivity index (χ1) is 7.72. The predicted molar refractivity (Wildman–Crippen MR) is 70.2 cm³/mol. The zero-order valence-electron chi connectivity index (χ0n) is 8.77. The fraction of sp³-hybridized carbons (Fsp3) is 0.182. The number of nitrogens with zero attached hydrogens (tertiary/aromatic N) is 1. The Balaban J connectivity index is 2.40. The van der Waals surface area contributed by atoms with Crippen molar-refractivity contribution >= 4 is 27.3 Å². The summed E-state index contributed by atoms with van der Waals surface area (Å²) in [5.74, 6) is 5.61. The van der Waals surface area contributed by atoms with Gasteiger partial charge in [-0.25, -0.2) is 5.43 Å². The summed E-state index contributed by atoms with van der Waals surface area (Å²) in [6.07, 6.45) is 0. The molecule has 0 saturated carbocycles. The molecule has 0 amide bonds. The molecule has 84 valence electrons. The van der Waals surface area contributed by atoms with Crippen molar-refractivity contribution in [3.8, 4) is 0 Å². The van der Waals surface area contributed by atoms with E-state index in [4.69, 9.17) is 5.84 Å². The number of rotatable bonds is 3. The lowest BCUT2D eigenvalue weighted by molar-refractivity contribution is 0.619. The average molecular weight is 298 g/mol. The Morgan fingerprint density at radius 1 is 1.44 bits per heavy atom. The summed E-state index contributed by atoms with van der Waals surface area (Å²) in [6, 6.07) is 5.87. The van der Waals surface area contributed by atoms with Crippen LogP contribution in [0.4, 0.5) is 0 Å². The van der Waals surface area contributed by atoms with Crippen LogP contribution >= 0.6 is 27.3 Å². The molecule has 5 heteroatoms. The molecule has 0 saturated heterocycles. The third-order valence-electron chi connectivity index (χ3n) is 2.33. The van der Waals surface area contributed by atoms with Gasteiger partial charge in [-0.3, -0.25) is 10.8 Å². The molecule has 0 bridgehead atoms.